The highest BCUT2D eigenvalue weighted by atomic mass is 19.1. The van der Waals surface area contributed by atoms with E-state index in [9.17, 15) is 4.39 Å². The summed E-state index contributed by atoms with van der Waals surface area (Å²) in [6.45, 7) is 9.33. The predicted octanol–water partition coefficient (Wildman–Crippen LogP) is 3.66. The van der Waals surface area contributed by atoms with Gasteiger partial charge in [-0.3, -0.25) is 9.37 Å². The largest absolute Gasteiger partial charge is 0.261 e. The molecule has 0 atom stereocenters. The van der Waals surface area contributed by atoms with Crippen molar-refractivity contribution in [2.75, 3.05) is 6.67 Å². The maximum Gasteiger partial charge on any atom is 0.100 e. The number of pyridine rings is 1. The van der Waals surface area contributed by atoms with Gasteiger partial charge in [-0.2, -0.15) is 0 Å². The molecule has 2 heteroatoms. The Balaban J connectivity index is 0.000000791. The molecule has 1 nitrogen and oxygen atoms in total. The van der Waals surface area contributed by atoms with E-state index >= 15 is 0 Å². The number of alkyl halides is 1. The third kappa shape index (κ3) is 3.44. The van der Waals surface area contributed by atoms with Crippen LogP contribution in [0.25, 0.3) is 0 Å². The summed E-state index contributed by atoms with van der Waals surface area (Å²) in [5.74, 6) is 0. The van der Waals surface area contributed by atoms with E-state index < -0.39 is 5.41 Å². The first-order valence-corrected chi connectivity index (χ1v) is 5.05. The van der Waals surface area contributed by atoms with Crippen LogP contribution in [0.1, 0.15) is 39.0 Å². The van der Waals surface area contributed by atoms with Crippen LogP contribution in [0.4, 0.5) is 4.39 Å². The van der Waals surface area contributed by atoms with Gasteiger partial charge in [-0.15, -0.1) is 0 Å². The van der Waals surface area contributed by atoms with Crippen molar-refractivity contribution in [3.05, 3.63) is 29.6 Å². The first-order valence-electron chi connectivity index (χ1n) is 5.05. The molecule has 0 N–H and O–H groups in total. The molecular formula is C12H20FN. The highest BCUT2D eigenvalue weighted by molar-refractivity contribution is 5.20. The summed E-state index contributed by atoms with van der Waals surface area (Å²) in [4.78, 5) is 4.14. The molecule has 0 amide bonds. The van der Waals surface area contributed by atoms with Crippen LogP contribution in [-0.2, 0) is 5.41 Å². The van der Waals surface area contributed by atoms with Gasteiger partial charge in [0.2, 0.25) is 0 Å². The van der Waals surface area contributed by atoms with Crippen molar-refractivity contribution >= 4 is 0 Å². The lowest BCUT2D eigenvalue weighted by atomic mass is 9.90. The van der Waals surface area contributed by atoms with Crippen molar-refractivity contribution in [3.63, 3.8) is 0 Å². The summed E-state index contributed by atoms with van der Waals surface area (Å²) in [6.07, 6.45) is 1.72. The normalized spacial score (nSPS) is 10.4. The third-order valence-corrected chi connectivity index (χ3v) is 1.94. The minimum absolute atomic E-state index is 0.372. The molecule has 0 spiro atoms. The van der Waals surface area contributed by atoms with Gasteiger partial charge < -0.3 is 0 Å². The maximum absolute atomic E-state index is 12.5. The Hall–Kier alpha value is -0.920. The lowest BCUT2D eigenvalue weighted by Gasteiger charge is -2.19. The lowest BCUT2D eigenvalue weighted by Crippen LogP contribution is -2.21. The van der Waals surface area contributed by atoms with E-state index in [0.29, 0.717) is 0 Å². The van der Waals surface area contributed by atoms with Crippen molar-refractivity contribution in [1.82, 2.24) is 4.98 Å². The van der Waals surface area contributed by atoms with Gasteiger partial charge in [0.25, 0.3) is 0 Å². The molecule has 1 rings (SSSR count). The summed E-state index contributed by atoms with van der Waals surface area (Å²) < 4.78 is 12.5. The molecule has 0 aromatic carbocycles. The number of hydrogen-bond acceptors (Lipinski definition) is 1. The van der Waals surface area contributed by atoms with Crippen LogP contribution < -0.4 is 0 Å². The van der Waals surface area contributed by atoms with Gasteiger partial charge in [0.15, 0.2) is 0 Å². The second-order valence-electron chi connectivity index (χ2n) is 3.74. The van der Waals surface area contributed by atoms with Crippen LogP contribution in [0.2, 0.25) is 0 Å². The second-order valence-corrected chi connectivity index (χ2v) is 3.74. The minimum atomic E-state index is -0.452. The lowest BCUT2D eigenvalue weighted by molar-refractivity contribution is 0.344. The Morgan fingerprint density at radius 1 is 1.36 bits per heavy atom. The van der Waals surface area contributed by atoms with Crippen molar-refractivity contribution in [1.29, 1.82) is 0 Å². The monoisotopic (exact) mass is 197 g/mol. The fourth-order valence-corrected chi connectivity index (χ4v) is 0.975. The Morgan fingerprint density at radius 3 is 2.36 bits per heavy atom. The van der Waals surface area contributed by atoms with E-state index in [0.717, 1.165) is 11.3 Å². The summed E-state index contributed by atoms with van der Waals surface area (Å²) in [7, 11) is 0. The minimum Gasteiger partial charge on any atom is -0.261 e. The topological polar surface area (TPSA) is 12.9 Å². The van der Waals surface area contributed by atoms with Crippen LogP contribution in [-0.4, -0.2) is 11.7 Å². The smallest absolute Gasteiger partial charge is 0.100 e. The van der Waals surface area contributed by atoms with Crippen LogP contribution in [0.3, 0.4) is 0 Å². The first-order chi connectivity index (χ1) is 6.56. The standard InChI is InChI=1S/C10H14FN.C2H6/c1-8-4-5-12-9(6-8)10(2,3)7-11;1-2/h4-6H,7H2,1-3H3;1-2H3. The Bertz CT molecular complexity index is 269. The quantitative estimate of drug-likeness (QED) is 0.705. The van der Waals surface area contributed by atoms with E-state index in [1.165, 1.54) is 0 Å². The van der Waals surface area contributed by atoms with Crippen LogP contribution in [0.15, 0.2) is 18.3 Å². The van der Waals surface area contributed by atoms with E-state index in [2.05, 4.69) is 4.98 Å². The SMILES string of the molecule is CC.Cc1ccnc(C(C)(C)CF)c1. The molecule has 0 bridgehead atoms. The third-order valence-electron chi connectivity index (χ3n) is 1.94. The maximum atomic E-state index is 12.5. The van der Waals surface area contributed by atoms with Crippen LogP contribution in [0, 0.1) is 6.92 Å². The molecule has 0 fully saturated rings. The number of halogens is 1. The number of hydrogen-bond donors (Lipinski definition) is 0. The first kappa shape index (κ1) is 13.1. The molecule has 14 heavy (non-hydrogen) atoms. The zero-order valence-corrected chi connectivity index (χ0v) is 9.76. The average Bonchev–Trinajstić information content (AvgIpc) is 2.21. The van der Waals surface area contributed by atoms with Crippen LogP contribution >= 0.6 is 0 Å². The Morgan fingerprint density at radius 2 is 1.93 bits per heavy atom. The second kappa shape index (κ2) is 5.74. The molecule has 0 unspecified atom stereocenters. The molecule has 0 aliphatic heterocycles. The highest BCUT2D eigenvalue weighted by Crippen LogP contribution is 2.21. The Kier molecular flexibility index (Phi) is 5.36. The van der Waals surface area contributed by atoms with E-state index in [1.54, 1.807) is 6.20 Å². The van der Waals surface area contributed by atoms with Gasteiger partial charge in [-0.25, -0.2) is 0 Å². The Labute approximate surface area is 86.4 Å². The van der Waals surface area contributed by atoms with Crippen molar-refractivity contribution in [2.45, 2.75) is 40.0 Å². The number of aryl methyl sites for hydroxylation is 1. The summed E-state index contributed by atoms with van der Waals surface area (Å²) in [5.41, 5.74) is 1.50. The summed E-state index contributed by atoms with van der Waals surface area (Å²) >= 11 is 0. The van der Waals surface area contributed by atoms with Crippen molar-refractivity contribution in [2.24, 2.45) is 0 Å². The van der Waals surface area contributed by atoms with E-state index in [1.807, 2.05) is 46.8 Å². The van der Waals surface area contributed by atoms with Gasteiger partial charge in [0.1, 0.15) is 6.67 Å². The van der Waals surface area contributed by atoms with Crippen molar-refractivity contribution < 1.29 is 4.39 Å². The zero-order valence-electron chi connectivity index (χ0n) is 9.76. The number of rotatable bonds is 2. The fourth-order valence-electron chi connectivity index (χ4n) is 0.975. The number of aromatic nitrogens is 1. The highest BCUT2D eigenvalue weighted by Gasteiger charge is 2.21. The van der Waals surface area contributed by atoms with E-state index in [4.69, 9.17) is 0 Å². The zero-order chi connectivity index (χ0) is 11.2. The molecule has 0 saturated heterocycles. The van der Waals surface area contributed by atoms with Gasteiger partial charge in [-0.05, 0) is 24.6 Å². The van der Waals surface area contributed by atoms with Crippen LogP contribution in [0.5, 0.6) is 0 Å². The van der Waals surface area contributed by atoms with Gasteiger partial charge in [0.05, 0.1) is 0 Å². The molecule has 1 heterocycles. The summed E-state index contributed by atoms with van der Waals surface area (Å²) in [6, 6.07) is 3.84. The fraction of sp³-hybridized carbons (Fsp3) is 0.583. The summed E-state index contributed by atoms with van der Waals surface area (Å²) in [5, 5.41) is 0. The molecule has 0 aliphatic rings. The molecule has 0 saturated carbocycles. The molecule has 1 aromatic rings. The molecule has 1 aromatic heterocycles. The van der Waals surface area contributed by atoms with E-state index in [-0.39, 0.29) is 6.67 Å². The molecule has 80 valence electrons. The van der Waals surface area contributed by atoms with Gasteiger partial charge in [-0.1, -0.05) is 27.7 Å². The molecular weight excluding hydrogens is 177 g/mol. The van der Waals surface area contributed by atoms with Gasteiger partial charge in [0, 0.05) is 17.3 Å². The molecule has 0 radical (unpaired) electrons. The van der Waals surface area contributed by atoms with Crippen molar-refractivity contribution in [3.8, 4) is 0 Å². The predicted molar refractivity (Wildman–Crippen MR) is 59.3 cm³/mol. The number of nitrogens with zero attached hydrogens (tertiary/aromatic N) is 1. The molecule has 0 aliphatic carbocycles. The average molecular weight is 197 g/mol. The van der Waals surface area contributed by atoms with Gasteiger partial charge >= 0.3 is 0 Å².